The van der Waals surface area contributed by atoms with Crippen LogP contribution in [0.2, 0.25) is 0 Å². The van der Waals surface area contributed by atoms with E-state index >= 15 is 0 Å². The Hall–Kier alpha value is -13.4. The minimum atomic E-state index is -1.00. The van der Waals surface area contributed by atoms with E-state index in [1.807, 2.05) is 55.4 Å². The van der Waals surface area contributed by atoms with Gasteiger partial charge in [0, 0.05) is 106 Å². The number of benzene rings is 8. The molecule has 8 heterocycles. The van der Waals surface area contributed by atoms with E-state index in [4.69, 9.17) is 22.3 Å². The monoisotopic (exact) mass is 1490 g/mol. The maximum Gasteiger partial charge on any atom is 0.262 e. The molecule has 0 bridgehead atoms. The van der Waals surface area contributed by atoms with Crippen LogP contribution in [0.15, 0.2) is 121 Å². The van der Waals surface area contributed by atoms with Crippen molar-refractivity contribution in [1.29, 1.82) is 0 Å². The van der Waals surface area contributed by atoms with Gasteiger partial charge in [0.25, 0.3) is 59.1 Å². The average Bonchev–Trinajstić information content (AvgIpc) is 0.753. The van der Waals surface area contributed by atoms with Gasteiger partial charge in [0.2, 0.25) is 35.4 Å². The normalized spacial score (nSPS) is 18.7. The first kappa shape index (κ1) is 80.7. The molecule has 0 saturated carbocycles. The van der Waals surface area contributed by atoms with E-state index in [0.717, 1.165) is 40.2 Å². The molecule has 4 unspecified atom stereocenters. The fourth-order valence-corrected chi connectivity index (χ4v) is 14.1. The van der Waals surface area contributed by atoms with Gasteiger partial charge >= 0.3 is 0 Å². The Morgan fingerprint density at radius 1 is 0.336 bits per heavy atom. The molecule has 16 amide bonds. The topological polar surface area (TPSA) is 335 Å². The third-order valence-corrected chi connectivity index (χ3v) is 19.2. The van der Waals surface area contributed by atoms with Crippen molar-refractivity contribution in [3.8, 4) is 36.2 Å². The smallest absolute Gasteiger partial charge is 0.262 e. The van der Waals surface area contributed by atoms with E-state index in [1.165, 1.54) is 28.3 Å². The molecule has 8 aliphatic heterocycles. The summed E-state index contributed by atoms with van der Waals surface area (Å²) in [5, 5.41) is 9.43. The summed E-state index contributed by atoms with van der Waals surface area (Å²) < 4.78 is 10.5. The Balaban J connectivity index is 0.000000164. The first-order valence-electron chi connectivity index (χ1n) is 36.0. The average molecular weight is 1490 g/mol. The predicted molar refractivity (Wildman–Crippen MR) is 406 cm³/mol. The molecule has 0 spiro atoms. The maximum atomic E-state index is 13.1. The van der Waals surface area contributed by atoms with Crippen molar-refractivity contribution in [2.75, 3.05) is 28.3 Å². The maximum absolute atomic E-state index is 13.1. The van der Waals surface area contributed by atoms with Crippen LogP contribution in [0.25, 0.3) is 43.1 Å². The Kier molecular flexibility index (Phi) is 25.0. The molecule has 0 aliphatic carbocycles. The summed E-state index contributed by atoms with van der Waals surface area (Å²) in [5.74, 6) is -2.13. The summed E-state index contributed by atoms with van der Waals surface area (Å²) in [5.41, 5.74) is 3.71. The predicted octanol–water partition coefficient (Wildman–Crippen LogP) is 9.73. The third-order valence-electron chi connectivity index (χ3n) is 19.2. The van der Waals surface area contributed by atoms with Crippen LogP contribution in [-0.2, 0) is 38.4 Å². The van der Waals surface area contributed by atoms with Crippen LogP contribution in [0, 0.1) is 24.7 Å². The second-order valence-corrected chi connectivity index (χ2v) is 24.8. The number of nitrogens with one attached hydrogen (secondary N) is 2. The Morgan fingerprint density at radius 2 is 0.591 bits per heavy atom. The number of imide groups is 8. The molecule has 26 nitrogen and oxygen atoms in total. The highest BCUT2D eigenvalue weighted by Gasteiger charge is 2.49. The van der Waals surface area contributed by atoms with Crippen LogP contribution in [0.1, 0.15) is 201 Å². The quantitative estimate of drug-likeness (QED) is 0.115. The highest BCUT2D eigenvalue weighted by Crippen LogP contribution is 2.40. The van der Waals surface area contributed by atoms with Crippen molar-refractivity contribution in [1.82, 2.24) is 40.0 Å². The number of hydrogen-bond acceptors (Lipinski definition) is 18. The summed E-state index contributed by atoms with van der Waals surface area (Å²) in [6.07, 6.45) is 11.8. The molecule has 26 heteroatoms. The molecular weight excluding hydrogens is 1410 g/mol. The molecule has 0 radical (unpaired) electrons. The van der Waals surface area contributed by atoms with Gasteiger partial charge < -0.3 is 9.47 Å². The van der Waals surface area contributed by atoms with Crippen LogP contribution in [0.4, 0.5) is 0 Å². The summed E-state index contributed by atoms with van der Waals surface area (Å²) >= 11 is 0. The summed E-state index contributed by atoms with van der Waals surface area (Å²) in [7, 11) is 5.72. The van der Waals surface area contributed by atoms with Gasteiger partial charge in [-0.2, -0.15) is 0 Å². The Labute approximate surface area is 633 Å². The van der Waals surface area contributed by atoms with Crippen LogP contribution in [0.3, 0.4) is 0 Å². The van der Waals surface area contributed by atoms with Crippen LogP contribution < -0.4 is 20.1 Å². The first-order chi connectivity index (χ1) is 52.9. The number of hydrogen-bond donors (Lipinski definition) is 2. The van der Waals surface area contributed by atoms with Crippen molar-refractivity contribution in [3.63, 3.8) is 0 Å². The molecule has 2 N–H and O–H groups in total. The SMILES string of the molecule is C#Cc1cc2c3c(cccc3c1)C(=O)N(C1CCC(=O)N(C)C1=O)C2=O.C#Cc1cc2c3c(cccc3c1)C(=O)N(C1CCC(=O)NC1=O)C2=O.CC.CC.CC.CC.COc1cc2c3c(cccc3c1)C(=O)N(C1CCC(=O)N(C)C1=O)C2=O.COc1cc2c3c(cccc3c1)C(=O)N(C1CCC(=O)NC1=O)C2=O. The number of piperidine rings is 4. The van der Waals surface area contributed by atoms with Gasteiger partial charge in [0.1, 0.15) is 35.7 Å². The number of terminal acetylenes is 2. The van der Waals surface area contributed by atoms with Gasteiger partial charge in [0.05, 0.1) is 25.3 Å². The molecule has 110 heavy (non-hydrogen) atoms. The Bertz CT molecular complexity index is 5370. The molecule has 4 fully saturated rings. The van der Waals surface area contributed by atoms with Crippen molar-refractivity contribution >= 4 is 138 Å². The van der Waals surface area contributed by atoms with Crippen molar-refractivity contribution in [2.45, 2.75) is 131 Å². The van der Waals surface area contributed by atoms with Crippen LogP contribution in [0.5, 0.6) is 11.5 Å². The first-order valence-corrected chi connectivity index (χ1v) is 36.0. The van der Waals surface area contributed by atoms with E-state index in [2.05, 4.69) is 22.5 Å². The largest absolute Gasteiger partial charge is 0.497 e. The lowest BCUT2D eigenvalue weighted by Gasteiger charge is -2.37. The summed E-state index contributed by atoms with van der Waals surface area (Å²) in [6, 6.07) is 29.9. The van der Waals surface area contributed by atoms with Crippen LogP contribution >= 0.6 is 0 Å². The van der Waals surface area contributed by atoms with Gasteiger partial charge in [-0.05, 0) is 120 Å². The third kappa shape index (κ3) is 14.6. The van der Waals surface area contributed by atoms with E-state index in [1.54, 1.807) is 121 Å². The van der Waals surface area contributed by atoms with Crippen molar-refractivity contribution in [2.24, 2.45) is 0 Å². The minimum Gasteiger partial charge on any atom is -0.497 e. The molecule has 4 atom stereocenters. The number of amides is 16. The molecule has 8 aromatic carbocycles. The minimum absolute atomic E-state index is 0.0783. The molecular formula is C84H80N8O18. The zero-order chi connectivity index (χ0) is 80.6. The summed E-state index contributed by atoms with van der Waals surface area (Å²) in [6.45, 7) is 16.0. The lowest BCUT2D eigenvalue weighted by molar-refractivity contribution is -0.151. The van der Waals surface area contributed by atoms with Gasteiger partial charge in [-0.15, -0.1) is 12.8 Å². The number of likely N-dealkylation sites (tertiary alicyclic amines) is 2. The number of ether oxygens (including phenoxy) is 2. The highest BCUT2D eigenvalue weighted by molar-refractivity contribution is 6.31. The van der Waals surface area contributed by atoms with Crippen molar-refractivity contribution < 1.29 is 86.2 Å². The number of methoxy groups -OCH3 is 2. The fourth-order valence-electron chi connectivity index (χ4n) is 14.1. The molecule has 564 valence electrons. The Morgan fingerprint density at radius 3 is 0.864 bits per heavy atom. The van der Waals surface area contributed by atoms with Gasteiger partial charge in [-0.25, -0.2) is 0 Å². The molecule has 8 aromatic rings. The number of likely N-dealkylation sites (N-methyl/N-ethyl adjacent to an activating group) is 2. The number of carbonyl (C=O) groups is 16. The molecule has 0 aromatic heterocycles. The van der Waals surface area contributed by atoms with E-state index < -0.39 is 107 Å². The fraction of sp³-hybridized carbons (Fsp3) is 0.286. The summed E-state index contributed by atoms with van der Waals surface area (Å²) in [4.78, 5) is 205. The molecule has 8 aliphatic rings. The number of carbonyl (C=O) groups excluding carboxylic acids is 16. The second-order valence-electron chi connectivity index (χ2n) is 24.8. The zero-order valence-electron chi connectivity index (χ0n) is 62.7. The standard InChI is InChI=1S/C20H14N2O4.C19H16N2O5.C19H12N2O4.C18H14N2O5.4C2H6/c1-3-11-9-12-5-4-6-13-17(12)14(10-11)19(25)22(18(13)24)15-7-8-16(23)21(2)20(15)26;1-20-15(22)7-6-14(19(20)25)21-17(23)12-5-3-4-10-8-11(26-2)9-13(16(10)12)18(21)24;1-2-10-8-11-4-3-5-12-16(11)13(9-10)19(25)21(18(12)24)14-6-7-15(22)20-17(14)23;1-25-10-7-9-3-2-4-11-15(9)12(8-10)18(24)20(17(11)23)13-5-6-14(21)19-16(13)22;4*1-2/h1,4-6,9-10,15H,7-8H2,2H3;3-5,8-9,14H,6-7H2,1-2H3;1,3-5,8-9,14H,6-7H2,(H,20,22,23);2-4,7-8,13H,5-6H2,1H3,(H,19,21,22);4*1-2H3. The zero-order valence-corrected chi connectivity index (χ0v) is 62.7. The van der Waals surface area contributed by atoms with Gasteiger partial charge in [-0.1, -0.05) is 116 Å². The van der Waals surface area contributed by atoms with Crippen molar-refractivity contribution in [3.05, 3.63) is 177 Å². The van der Waals surface area contributed by atoms with Crippen LogP contribution in [-0.4, -0.2) is 176 Å². The molecule has 16 rings (SSSR count). The highest BCUT2D eigenvalue weighted by atomic mass is 16.5. The van der Waals surface area contributed by atoms with E-state index in [-0.39, 0.29) is 63.2 Å². The van der Waals surface area contributed by atoms with Gasteiger partial charge in [0.15, 0.2) is 0 Å². The number of rotatable bonds is 6. The van der Waals surface area contributed by atoms with E-state index in [0.29, 0.717) is 99.5 Å². The lowest BCUT2D eigenvalue weighted by atomic mass is 9.90. The van der Waals surface area contributed by atoms with E-state index in [9.17, 15) is 76.7 Å². The molecule has 4 saturated heterocycles. The number of nitrogens with zero attached hydrogens (tertiary/aromatic N) is 6. The lowest BCUT2D eigenvalue weighted by Crippen LogP contribution is -2.57. The second kappa shape index (κ2) is 34.0. The van der Waals surface area contributed by atoms with Gasteiger partial charge in [-0.3, -0.25) is 117 Å².